The van der Waals surface area contributed by atoms with Gasteiger partial charge < -0.3 is 15.0 Å². The van der Waals surface area contributed by atoms with Crippen molar-refractivity contribution < 1.29 is 88.7 Å². The number of carbonyl (C=O) groups excluding carboxylic acids is 1. The van der Waals surface area contributed by atoms with Gasteiger partial charge in [-0.15, -0.1) is 0 Å². The molecular weight excluding hydrogens is 245 g/mol. The van der Waals surface area contributed by atoms with Gasteiger partial charge in [-0.3, -0.25) is 0 Å². The van der Waals surface area contributed by atoms with Gasteiger partial charge in [0.05, 0.1) is 5.97 Å². The second-order valence-corrected chi connectivity index (χ2v) is 0.991. The summed E-state index contributed by atoms with van der Waals surface area (Å²) >= 11 is 0. The Morgan fingerprint density at radius 2 is 1.78 bits per heavy atom. The van der Waals surface area contributed by atoms with Crippen LogP contribution in [0, 0.1) is 0 Å². The minimum Gasteiger partial charge on any atom is -0.545 e. The molecule has 0 saturated carbocycles. The van der Waals surface area contributed by atoms with Gasteiger partial charge >= 0.3 is 74.9 Å². The van der Waals surface area contributed by atoms with Crippen LogP contribution in [0.5, 0.6) is 0 Å². The molecule has 0 aliphatic heterocycles. The molecule has 0 bridgehead atoms. The summed E-state index contributed by atoms with van der Waals surface area (Å²) in [4.78, 5) is 19.0. The van der Waals surface area contributed by atoms with Gasteiger partial charge in [-0.1, -0.05) is 0 Å². The van der Waals surface area contributed by atoms with Gasteiger partial charge in [0, 0.05) is 6.08 Å². The number of hydrogen-bond acceptors (Lipinski definition) is 3. The van der Waals surface area contributed by atoms with E-state index < -0.39 is 11.9 Å². The van der Waals surface area contributed by atoms with Gasteiger partial charge in [-0.25, -0.2) is 4.79 Å². The van der Waals surface area contributed by atoms with E-state index in [1.165, 1.54) is 0 Å². The third-order valence-electron chi connectivity index (χ3n) is 0.362. The predicted octanol–water partition coefficient (Wildman–Crippen LogP) is -4.62. The van der Waals surface area contributed by atoms with Crippen molar-refractivity contribution in [3.63, 3.8) is 0 Å². The number of carboxylic acids is 2. The zero-order chi connectivity index (χ0) is 6.57. The number of hydrogen-bond donors (Lipinski definition) is 1. The molecule has 0 aromatic heterocycles. The summed E-state index contributed by atoms with van der Waals surface area (Å²) in [6, 6.07) is 0. The monoisotopic (exact) mass is 248 g/mol. The first-order valence-corrected chi connectivity index (χ1v) is 1.75. The molecule has 1 N–H and O–H groups in total. The predicted molar refractivity (Wildman–Crippen MR) is 21.8 cm³/mol. The zero-order valence-corrected chi connectivity index (χ0v) is 11.1. The Bertz CT molecular complexity index is 124. The fraction of sp³-hybridized carbons (Fsp3) is 0. The molecule has 0 aromatic rings. The van der Waals surface area contributed by atoms with E-state index in [1.807, 2.05) is 0 Å². The summed E-state index contributed by atoms with van der Waals surface area (Å²) in [7, 11) is 0. The second-order valence-electron chi connectivity index (χ2n) is 0.991. The van der Waals surface area contributed by atoms with Crippen LogP contribution in [0.1, 0.15) is 0 Å². The Kier molecular flexibility index (Phi) is 9.44. The first-order valence-electron chi connectivity index (χ1n) is 1.75. The minimum absolute atomic E-state index is 0. The summed E-state index contributed by atoms with van der Waals surface area (Å²) in [5, 5.41) is 17.2. The molecule has 44 valence electrons. The van der Waals surface area contributed by atoms with Crippen LogP contribution in [0.4, 0.5) is 0 Å². The van der Waals surface area contributed by atoms with E-state index in [2.05, 4.69) is 0 Å². The molecule has 0 heterocycles. The topological polar surface area (TPSA) is 77.4 Å². The van der Waals surface area contributed by atoms with E-state index in [9.17, 15) is 14.7 Å². The first-order chi connectivity index (χ1) is 3.63. The van der Waals surface area contributed by atoms with Crippen molar-refractivity contribution in [2.75, 3.05) is 0 Å². The van der Waals surface area contributed by atoms with Crippen LogP contribution in [0.2, 0.25) is 0 Å². The molecule has 0 amide bonds. The maximum atomic E-state index is 9.53. The van der Waals surface area contributed by atoms with Crippen LogP contribution in [0.15, 0.2) is 12.2 Å². The summed E-state index contributed by atoms with van der Waals surface area (Å²) in [6.45, 7) is 0. The van der Waals surface area contributed by atoms with Crippen molar-refractivity contribution in [1.29, 1.82) is 0 Å². The Morgan fingerprint density at radius 1 is 1.33 bits per heavy atom. The van der Waals surface area contributed by atoms with E-state index in [0.29, 0.717) is 12.2 Å². The van der Waals surface area contributed by atoms with Crippen molar-refractivity contribution >= 4 is 11.9 Å². The van der Waals surface area contributed by atoms with Gasteiger partial charge in [0.15, 0.2) is 0 Å². The fourth-order valence-corrected chi connectivity index (χ4v) is 0.139. The van der Waals surface area contributed by atoms with E-state index in [-0.39, 0.29) is 68.9 Å². The van der Waals surface area contributed by atoms with E-state index in [4.69, 9.17) is 5.11 Å². The van der Waals surface area contributed by atoms with Crippen LogP contribution < -0.4 is 74.0 Å². The third-order valence-corrected chi connectivity index (χ3v) is 0.362. The molecule has 0 rings (SSSR count). The first kappa shape index (κ1) is 12.4. The van der Waals surface area contributed by atoms with Crippen molar-refractivity contribution in [3.05, 3.63) is 12.2 Å². The molecular formula is C4H3CsO4. The third kappa shape index (κ3) is 12.0. The van der Waals surface area contributed by atoms with Gasteiger partial charge in [-0.05, 0) is 6.08 Å². The van der Waals surface area contributed by atoms with Crippen LogP contribution in [0.25, 0.3) is 0 Å². The Labute approximate surface area is 110 Å². The molecule has 4 nitrogen and oxygen atoms in total. The van der Waals surface area contributed by atoms with Crippen LogP contribution in [0.3, 0.4) is 0 Å². The minimum atomic E-state index is -1.51. The molecule has 0 aliphatic rings. The number of carboxylic acid groups (broad SMARTS) is 2. The van der Waals surface area contributed by atoms with Gasteiger partial charge in [0.1, 0.15) is 0 Å². The molecule has 9 heavy (non-hydrogen) atoms. The average molecular weight is 248 g/mol. The smallest absolute Gasteiger partial charge is 0.545 e. The Hall–Kier alpha value is 0.732. The standard InChI is InChI=1S/C4H4O4.Cs/c5-3(6)1-2-4(7)8;/h1-2H,(H,5,6)(H,7,8);/q;+1/p-1/b2-1-;. The maximum Gasteiger partial charge on any atom is 1.00 e. The molecule has 0 aromatic carbocycles. The molecule has 0 aliphatic carbocycles. The largest absolute Gasteiger partial charge is 1.00 e. The Morgan fingerprint density at radius 3 is 1.89 bits per heavy atom. The van der Waals surface area contributed by atoms with Crippen LogP contribution in [-0.2, 0) is 9.59 Å². The zero-order valence-electron chi connectivity index (χ0n) is 4.83. The molecule has 0 fully saturated rings. The van der Waals surface area contributed by atoms with Gasteiger partial charge in [-0.2, -0.15) is 0 Å². The summed E-state index contributed by atoms with van der Waals surface area (Å²) in [5.74, 6) is -2.80. The Balaban J connectivity index is 0. The van der Waals surface area contributed by atoms with Crippen molar-refractivity contribution in [1.82, 2.24) is 0 Å². The summed E-state index contributed by atoms with van der Waals surface area (Å²) in [5.41, 5.74) is 0. The fourth-order valence-electron chi connectivity index (χ4n) is 0.139. The molecule has 0 unspecified atom stereocenters. The van der Waals surface area contributed by atoms with Crippen LogP contribution >= 0.6 is 0 Å². The normalized spacial score (nSPS) is 8.44. The van der Waals surface area contributed by atoms with E-state index in [0.717, 1.165) is 0 Å². The van der Waals surface area contributed by atoms with Crippen molar-refractivity contribution in [2.45, 2.75) is 0 Å². The SMILES string of the molecule is O=C([O-])/C=C\C(=O)O.[Cs+]. The molecule has 0 saturated heterocycles. The average Bonchev–Trinajstić information content (AvgIpc) is 1.61. The quantitative estimate of drug-likeness (QED) is 0.499. The maximum absolute atomic E-state index is 9.53. The van der Waals surface area contributed by atoms with Gasteiger partial charge in [0.2, 0.25) is 0 Å². The molecule has 0 radical (unpaired) electrons. The molecule has 5 heteroatoms. The van der Waals surface area contributed by atoms with Crippen molar-refractivity contribution in [3.8, 4) is 0 Å². The number of aliphatic carboxylic acids is 2. The number of rotatable bonds is 2. The number of carbonyl (C=O) groups is 2. The summed E-state index contributed by atoms with van der Waals surface area (Å²) < 4.78 is 0. The van der Waals surface area contributed by atoms with E-state index in [1.54, 1.807) is 0 Å². The summed E-state index contributed by atoms with van der Waals surface area (Å²) in [6.07, 6.45) is 0.942. The van der Waals surface area contributed by atoms with Gasteiger partial charge in [0.25, 0.3) is 0 Å². The molecule has 0 atom stereocenters. The van der Waals surface area contributed by atoms with E-state index >= 15 is 0 Å². The second kappa shape index (κ2) is 6.85. The van der Waals surface area contributed by atoms with Crippen molar-refractivity contribution in [2.24, 2.45) is 0 Å². The molecule has 0 spiro atoms. The van der Waals surface area contributed by atoms with Crippen LogP contribution in [-0.4, -0.2) is 17.0 Å².